The van der Waals surface area contributed by atoms with Gasteiger partial charge in [-0.2, -0.15) is 0 Å². The summed E-state index contributed by atoms with van der Waals surface area (Å²) in [5.74, 6) is 3.70. The third-order valence-corrected chi connectivity index (χ3v) is 3.71. The van der Waals surface area contributed by atoms with Gasteiger partial charge in [-0.25, -0.2) is 0 Å². The van der Waals surface area contributed by atoms with Crippen LogP contribution in [-0.4, -0.2) is 13.6 Å². The summed E-state index contributed by atoms with van der Waals surface area (Å²) in [6.07, 6.45) is 7.69. The molecule has 1 fully saturated rings. The van der Waals surface area contributed by atoms with Crippen molar-refractivity contribution in [2.24, 2.45) is 23.7 Å². The van der Waals surface area contributed by atoms with Crippen molar-refractivity contribution in [2.75, 3.05) is 13.6 Å². The molecule has 0 aliphatic heterocycles. The number of hydrogen-bond donors (Lipinski definition) is 1. The van der Waals surface area contributed by atoms with Gasteiger partial charge in [-0.05, 0) is 43.7 Å². The Morgan fingerprint density at radius 1 is 1.25 bits per heavy atom. The van der Waals surface area contributed by atoms with E-state index in [1.807, 2.05) is 0 Å². The average molecular weight is 165 g/mol. The van der Waals surface area contributed by atoms with Crippen LogP contribution in [0.3, 0.4) is 0 Å². The molecule has 2 bridgehead atoms. The van der Waals surface area contributed by atoms with Gasteiger partial charge in [0.05, 0.1) is 0 Å². The van der Waals surface area contributed by atoms with Crippen LogP contribution >= 0.6 is 0 Å². The van der Waals surface area contributed by atoms with Crippen molar-refractivity contribution in [3.05, 3.63) is 12.2 Å². The van der Waals surface area contributed by atoms with Gasteiger partial charge in [-0.3, -0.25) is 0 Å². The predicted octanol–water partition coefficient (Wildman–Crippen LogP) is 2.05. The Morgan fingerprint density at radius 2 is 1.92 bits per heavy atom. The molecule has 0 radical (unpaired) electrons. The van der Waals surface area contributed by atoms with Crippen molar-refractivity contribution in [3.63, 3.8) is 0 Å². The van der Waals surface area contributed by atoms with Crippen molar-refractivity contribution >= 4 is 0 Å². The Labute approximate surface area is 75.2 Å². The summed E-state index contributed by atoms with van der Waals surface area (Å²) in [7, 11) is 2.07. The topological polar surface area (TPSA) is 12.0 Å². The quantitative estimate of drug-likeness (QED) is 0.631. The van der Waals surface area contributed by atoms with Gasteiger partial charge in [0.1, 0.15) is 0 Å². The monoisotopic (exact) mass is 165 g/mol. The molecule has 0 spiro atoms. The van der Waals surface area contributed by atoms with Crippen LogP contribution in [0.15, 0.2) is 12.2 Å². The highest BCUT2D eigenvalue weighted by molar-refractivity contribution is 5.13. The molecule has 1 N–H and O–H groups in total. The predicted molar refractivity (Wildman–Crippen MR) is 51.9 cm³/mol. The molecule has 4 unspecified atom stereocenters. The summed E-state index contributed by atoms with van der Waals surface area (Å²) in [4.78, 5) is 0. The van der Waals surface area contributed by atoms with Crippen molar-refractivity contribution in [1.29, 1.82) is 0 Å². The number of rotatable bonds is 3. The Kier molecular flexibility index (Phi) is 2.22. The van der Waals surface area contributed by atoms with Gasteiger partial charge in [-0.1, -0.05) is 25.5 Å². The van der Waals surface area contributed by atoms with Crippen LogP contribution < -0.4 is 5.32 Å². The number of nitrogens with one attached hydrogen (secondary N) is 1. The molecular weight excluding hydrogens is 146 g/mol. The molecule has 0 saturated heterocycles. The molecule has 2 aliphatic rings. The average Bonchev–Trinajstić information content (AvgIpc) is 2.64. The lowest BCUT2D eigenvalue weighted by Crippen LogP contribution is -2.28. The summed E-state index contributed by atoms with van der Waals surface area (Å²) in [6.45, 7) is 3.55. The fraction of sp³-hybridized carbons (Fsp3) is 0.818. The molecule has 0 aromatic carbocycles. The molecule has 1 saturated carbocycles. The zero-order chi connectivity index (χ0) is 8.55. The van der Waals surface area contributed by atoms with E-state index in [0.29, 0.717) is 0 Å². The van der Waals surface area contributed by atoms with Crippen LogP contribution in [-0.2, 0) is 0 Å². The van der Waals surface area contributed by atoms with Crippen molar-refractivity contribution in [3.8, 4) is 0 Å². The number of fused-ring (bicyclic) bond motifs is 2. The first kappa shape index (κ1) is 8.31. The Hall–Kier alpha value is -0.300. The van der Waals surface area contributed by atoms with Crippen LogP contribution in [0.4, 0.5) is 0 Å². The lowest BCUT2D eigenvalue weighted by atomic mass is 9.81. The van der Waals surface area contributed by atoms with E-state index < -0.39 is 0 Å². The molecule has 2 aliphatic carbocycles. The highest BCUT2D eigenvalue weighted by Crippen LogP contribution is 2.48. The minimum absolute atomic E-state index is 0.896. The van der Waals surface area contributed by atoms with Crippen molar-refractivity contribution in [2.45, 2.75) is 19.8 Å². The molecule has 68 valence electrons. The third-order valence-electron chi connectivity index (χ3n) is 3.71. The van der Waals surface area contributed by atoms with Crippen LogP contribution in [0, 0.1) is 23.7 Å². The van der Waals surface area contributed by atoms with E-state index in [-0.39, 0.29) is 0 Å². The van der Waals surface area contributed by atoms with E-state index in [9.17, 15) is 0 Å². The van der Waals surface area contributed by atoms with Crippen LogP contribution in [0.2, 0.25) is 0 Å². The fourth-order valence-corrected chi connectivity index (χ4v) is 3.17. The second-order valence-corrected chi connectivity index (χ2v) is 4.24. The Morgan fingerprint density at radius 3 is 2.50 bits per heavy atom. The molecule has 2 rings (SSSR count). The molecule has 12 heavy (non-hydrogen) atoms. The maximum Gasteiger partial charge on any atom is -0.00150 e. The van der Waals surface area contributed by atoms with Gasteiger partial charge in [-0.15, -0.1) is 0 Å². The molecule has 0 heterocycles. The number of hydrogen-bond acceptors (Lipinski definition) is 1. The maximum atomic E-state index is 3.32. The minimum atomic E-state index is 0.896. The first-order chi connectivity index (χ1) is 5.86. The minimum Gasteiger partial charge on any atom is -0.319 e. The molecule has 0 amide bonds. The van der Waals surface area contributed by atoms with E-state index >= 15 is 0 Å². The van der Waals surface area contributed by atoms with Gasteiger partial charge < -0.3 is 5.32 Å². The standard InChI is InChI=1S/C11H19N/c1-3-10-8-4-5-9(6-8)11(10)7-12-2/h4-5,8-12H,3,6-7H2,1-2H3. The first-order valence-electron chi connectivity index (χ1n) is 5.19. The van der Waals surface area contributed by atoms with Crippen LogP contribution in [0.25, 0.3) is 0 Å². The third kappa shape index (κ3) is 1.11. The summed E-state index contributed by atoms with van der Waals surface area (Å²) in [6, 6.07) is 0. The summed E-state index contributed by atoms with van der Waals surface area (Å²) >= 11 is 0. The van der Waals surface area contributed by atoms with E-state index in [0.717, 1.165) is 23.7 Å². The van der Waals surface area contributed by atoms with Crippen molar-refractivity contribution in [1.82, 2.24) is 5.32 Å². The summed E-state index contributed by atoms with van der Waals surface area (Å²) in [5, 5.41) is 3.32. The molecule has 0 aromatic rings. The van der Waals surface area contributed by atoms with Crippen LogP contribution in [0.1, 0.15) is 19.8 Å². The van der Waals surface area contributed by atoms with Crippen molar-refractivity contribution < 1.29 is 0 Å². The first-order valence-corrected chi connectivity index (χ1v) is 5.19. The summed E-state index contributed by atoms with van der Waals surface area (Å²) in [5.41, 5.74) is 0. The second-order valence-electron chi connectivity index (χ2n) is 4.24. The molecule has 0 aromatic heterocycles. The Bertz CT molecular complexity index is 185. The smallest absolute Gasteiger partial charge is 0.00150 e. The van der Waals surface area contributed by atoms with E-state index in [2.05, 4.69) is 31.4 Å². The van der Waals surface area contributed by atoms with E-state index in [1.54, 1.807) is 0 Å². The highest BCUT2D eigenvalue weighted by atomic mass is 14.8. The largest absolute Gasteiger partial charge is 0.319 e. The molecule has 4 atom stereocenters. The van der Waals surface area contributed by atoms with Gasteiger partial charge in [0, 0.05) is 0 Å². The lowest BCUT2D eigenvalue weighted by Gasteiger charge is -2.26. The van der Waals surface area contributed by atoms with Gasteiger partial charge in [0.2, 0.25) is 0 Å². The SMILES string of the molecule is CCC1C2C=CC(C2)C1CNC. The van der Waals surface area contributed by atoms with E-state index in [1.165, 1.54) is 19.4 Å². The summed E-state index contributed by atoms with van der Waals surface area (Å²) < 4.78 is 0. The molecule has 1 nitrogen and oxygen atoms in total. The normalized spacial score (nSPS) is 44.2. The maximum absolute atomic E-state index is 3.32. The van der Waals surface area contributed by atoms with Gasteiger partial charge >= 0.3 is 0 Å². The van der Waals surface area contributed by atoms with E-state index in [4.69, 9.17) is 0 Å². The molecular formula is C11H19N. The zero-order valence-corrected chi connectivity index (χ0v) is 8.09. The molecule has 1 heteroatoms. The highest BCUT2D eigenvalue weighted by Gasteiger charge is 2.42. The second kappa shape index (κ2) is 3.21. The van der Waals surface area contributed by atoms with Gasteiger partial charge in [0.15, 0.2) is 0 Å². The lowest BCUT2D eigenvalue weighted by molar-refractivity contribution is 0.295. The zero-order valence-electron chi connectivity index (χ0n) is 8.09. The van der Waals surface area contributed by atoms with Crippen LogP contribution in [0.5, 0.6) is 0 Å². The van der Waals surface area contributed by atoms with Gasteiger partial charge in [0.25, 0.3) is 0 Å². The number of allylic oxidation sites excluding steroid dienone is 2. The fourth-order valence-electron chi connectivity index (χ4n) is 3.17. The Balaban J connectivity index is 2.07.